The first-order valence-corrected chi connectivity index (χ1v) is 11.2. The molecular weight excluding hydrogens is 436 g/mol. The zero-order valence-corrected chi connectivity index (χ0v) is 19.1. The first kappa shape index (κ1) is 22.4. The average molecular weight is 460 g/mol. The van der Waals surface area contributed by atoms with Crippen LogP contribution in [-0.4, -0.2) is 19.8 Å². The molecule has 2 aromatic rings. The lowest BCUT2D eigenvalue weighted by molar-refractivity contribution is 0.101. The lowest BCUT2D eigenvalue weighted by atomic mass is 9.90. The molecular formula is C20H24Cl2FN3O2S. The number of benzene rings is 1. The molecule has 0 radical (unpaired) electrons. The number of hydrogen-bond donors (Lipinski definition) is 2. The highest BCUT2D eigenvalue weighted by molar-refractivity contribution is 7.90. The van der Waals surface area contributed by atoms with Crippen molar-refractivity contribution in [2.24, 2.45) is 7.05 Å². The molecule has 2 atom stereocenters. The van der Waals surface area contributed by atoms with Gasteiger partial charge >= 0.3 is 0 Å². The highest BCUT2D eigenvalue weighted by Gasteiger charge is 2.36. The third-order valence-electron chi connectivity index (χ3n) is 4.93. The number of aromatic nitrogens is 1. The van der Waals surface area contributed by atoms with E-state index in [-0.39, 0.29) is 17.0 Å². The lowest BCUT2D eigenvalue weighted by Crippen LogP contribution is -2.42. The Morgan fingerprint density at radius 1 is 1.34 bits per heavy atom. The van der Waals surface area contributed by atoms with Crippen molar-refractivity contribution in [3.8, 4) is 0 Å². The Bertz CT molecular complexity index is 943. The summed E-state index contributed by atoms with van der Waals surface area (Å²) < 4.78 is 30.4. The van der Waals surface area contributed by atoms with Crippen molar-refractivity contribution < 1.29 is 13.7 Å². The Hall–Kier alpha value is -1.25. The SMILES string of the molecule is Cn1c(Cl)c2c(c1C(=O)Nc1ccc(F)c(Cl)c1)CCCC2N[S@+]([O-])C(C)(C)C. The Kier molecular flexibility index (Phi) is 6.56. The predicted octanol–water partition coefficient (Wildman–Crippen LogP) is 5.15. The molecule has 2 N–H and O–H groups in total. The molecule has 158 valence electrons. The van der Waals surface area contributed by atoms with E-state index in [1.165, 1.54) is 18.2 Å². The monoisotopic (exact) mass is 459 g/mol. The Labute approximate surface area is 183 Å². The molecule has 3 rings (SSSR count). The van der Waals surface area contributed by atoms with Crippen LogP contribution in [0.15, 0.2) is 18.2 Å². The van der Waals surface area contributed by atoms with Crippen molar-refractivity contribution >= 4 is 46.2 Å². The molecule has 1 aliphatic rings. The van der Waals surface area contributed by atoms with E-state index < -0.39 is 21.9 Å². The molecule has 0 saturated heterocycles. The van der Waals surface area contributed by atoms with Gasteiger partial charge in [0, 0.05) is 29.7 Å². The summed E-state index contributed by atoms with van der Waals surface area (Å²) in [5.74, 6) is -0.902. The third kappa shape index (κ3) is 4.59. The predicted molar refractivity (Wildman–Crippen MR) is 116 cm³/mol. The average Bonchev–Trinajstić information content (AvgIpc) is 2.89. The van der Waals surface area contributed by atoms with Crippen molar-refractivity contribution in [2.45, 2.75) is 50.8 Å². The van der Waals surface area contributed by atoms with E-state index in [9.17, 15) is 13.7 Å². The first-order chi connectivity index (χ1) is 13.5. The normalized spacial score (nSPS) is 17.7. The molecule has 0 saturated carbocycles. The number of anilines is 1. The van der Waals surface area contributed by atoms with Gasteiger partial charge in [-0.05, 0) is 63.8 Å². The number of rotatable bonds is 4. The molecule has 5 nitrogen and oxygen atoms in total. The van der Waals surface area contributed by atoms with Crippen LogP contribution in [0.3, 0.4) is 0 Å². The van der Waals surface area contributed by atoms with E-state index in [1.54, 1.807) is 11.6 Å². The highest BCUT2D eigenvalue weighted by Crippen LogP contribution is 2.40. The maximum atomic E-state index is 13.4. The van der Waals surface area contributed by atoms with Crippen LogP contribution in [0.4, 0.5) is 10.1 Å². The molecule has 0 bridgehead atoms. The molecule has 0 fully saturated rings. The van der Waals surface area contributed by atoms with Gasteiger partial charge in [-0.15, -0.1) is 4.72 Å². The van der Waals surface area contributed by atoms with Crippen molar-refractivity contribution in [3.05, 3.63) is 51.0 Å². The van der Waals surface area contributed by atoms with Crippen LogP contribution in [-0.2, 0) is 24.8 Å². The van der Waals surface area contributed by atoms with Crippen molar-refractivity contribution in [3.63, 3.8) is 0 Å². The van der Waals surface area contributed by atoms with Crippen molar-refractivity contribution in [2.75, 3.05) is 5.32 Å². The fourth-order valence-electron chi connectivity index (χ4n) is 3.45. The van der Waals surface area contributed by atoms with Gasteiger partial charge in [0.2, 0.25) is 0 Å². The summed E-state index contributed by atoms with van der Waals surface area (Å²) in [6, 6.07) is 3.82. The molecule has 0 aliphatic heterocycles. The summed E-state index contributed by atoms with van der Waals surface area (Å²) in [5, 5.41) is 3.14. The summed E-state index contributed by atoms with van der Waals surface area (Å²) >= 11 is 11.1. The largest absolute Gasteiger partial charge is 0.598 e. The van der Waals surface area contributed by atoms with Gasteiger partial charge in [-0.3, -0.25) is 4.79 Å². The summed E-state index contributed by atoms with van der Waals surface area (Å²) in [6.45, 7) is 5.71. The number of carbonyl (C=O) groups excluding carboxylic acids is 1. The molecule has 1 unspecified atom stereocenters. The minimum atomic E-state index is -1.26. The van der Waals surface area contributed by atoms with Gasteiger partial charge < -0.3 is 14.4 Å². The smallest absolute Gasteiger partial charge is 0.272 e. The van der Waals surface area contributed by atoms with Crippen LogP contribution in [0.5, 0.6) is 0 Å². The number of fused-ring (bicyclic) bond motifs is 1. The second kappa shape index (κ2) is 8.47. The molecule has 1 aliphatic carbocycles. The van der Waals surface area contributed by atoms with Crippen LogP contribution < -0.4 is 10.0 Å². The number of nitrogens with one attached hydrogen (secondary N) is 2. The number of carbonyl (C=O) groups is 1. The van der Waals surface area contributed by atoms with Crippen molar-refractivity contribution in [1.82, 2.24) is 9.29 Å². The second-order valence-corrected chi connectivity index (χ2v) is 10.9. The van der Waals surface area contributed by atoms with E-state index in [4.69, 9.17) is 23.2 Å². The Morgan fingerprint density at radius 3 is 2.66 bits per heavy atom. The number of amides is 1. The molecule has 1 aromatic carbocycles. The zero-order chi connectivity index (χ0) is 21.5. The number of hydrogen-bond acceptors (Lipinski definition) is 3. The molecule has 9 heteroatoms. The van der Waals surface area contributed by atoms with E-state index in [0.717, 1.165) is 24.0 Å². The minimum absolute atomic E-state index is 0.0660. The van der Waals surface area contributed by atoms with Crippen LogP contribution >= 0.6 is 23.2 Å². The van der Waals surface area contributed by atoms with E-state index in [2.05, 4.69) is 10.0 Å². The number of nitrogens with zero attached hydrogens (tertiary/aromatic N) is 1. The molecule has 29 heavy (non-hydrogen) atoms. The topological polar surface area (TPSA) is 69.1 Å². The van der Waals surface area contributed by atoms with Crippen molar-refractivity contribution in [1.29, 1.82) is 0 Å². The zero-order valence-electron chi connectivity index (χ0n) is 16.7. The van der Waals surface area contributed by atoms with Gasteiger partial charge in [-0.2, -0.15) is 0 Å². The lowest BCUT2D eigenvalue weighted by Gasteiger charge is -2.30. The summed E-state index contributed by atoms with van der Waals surface area (Å²) in [6.07, 6.45) is 2.32. The van der Waals surface area contributed by atoms with Gasteiger partial charge in [0.1, 0.15) is 21.4 Å². The van der Waals surface area contributed by atoms with Gasteiger partial charge in [0.25, 0.3) is 5.91 Å². The first-order valence-electron chi connectivity index (χ1n) is 9.32. The number of halogens is 3. The molecule has 1 amide bonds. The molecule has 1 heterocycles. The van der Waals surface area contributed by atoms with Crippen LogP contribution in [0, 0.1) is 5.82 Å². The summed E-state index contributed by atoms with van der Waals surface area (Å²) in [4.78, 5) is 13.0. The quantitative estimate of drug-likeness (QED) is 0.620. The minimum Gasteiger partial charge on any atom is -0.598 e. The highest BCUT2D eigenvalue weighted by atomic mass is 35.5. The van der Waals surface area contributed by atoms with Crippen LogP contribution in [0.1, 0.15) is 61.3 Å². The maximum Gasteiger partial charge on any atom is 0.272 e. The van der Waals surface area contributed by atoms with Crippen LogP contribution in [0.2, 0.25) is 10.2 Å². The molecule has 1 aromatic heterocycles. The van der Waals surface area contributed by atoms with E-state index in [1.807, 2.05) is 20.8 Å². The third-order valence-corrected chi connectivity index (χ3v) is 7.29. The van der Waals surface area contributed by atoms with Gasteiger partial charge in [0.05, 0.1) is 11.1 Å². The summed E-state index contributed by atoms with van der Waals surface area (Å²) in [7, 11) is 1.73. The Balaban J connectivity index is 1.92. The molecule has 0 spiro atoms. The Morgan fingerprint density at radius 2 is 2.03 bits per heavy atom. The maximum absolute atomic E-state index is 13.4. The van der Waals surface area contributed by atoms with Gasteiger partial charge in [-0.25, -0.2) is 4.39 Å². The van der Waals surface area contributed by atoms with Gasteiger partial charge in [0.15, 0.2) is 0 Å². The van der Waals surface area contributed by atoms with E-state index in [0.29, 0.717) is 23.0 Å². The van der Waals surface area contributed by atoms with Gasteiger partial charge in [-0.1, -0.05) is 23.2 Å². The fourth-order valence-corrected chi connectivity index (χ4v) is 4.80. The van der Waals surface area contributed by atoms with E-state index >= 15 is 0 Å². The summed E-state index contributed by atoms with van der Waals surface area (Å²) in [5.41, 5.74) is 2.50. The van der Waals surface area contributed by atoms with Crippen LogP contribution in [0.25, 0.3) is 0 Å². The standard InChI is InChI=1S/C20H24Cl2FN3O2S/c1-20(2,3)29(28)25-15-7-5-6-12-16(15)18(22)26(4)17(12)19(27)24-11-8-9-14(23)13(21)10-11/h8-10,15,25H,5-7H2,1-4H3,(H,24,27)/t15?,29-/m1/s1. The second-order valence-electron chi connectivity index (χ2n) is 8.12. The fraction of sp³-hybridized carbons (Fsp3) is 0.450.